The van der Waals surface area contributed by atoms with Crippen molar-refractivity contribution >= 4 is 17.6 Å². The predicted molar refractivity (Wildman–Crippen MR) is 98.6 cm³/mol. The molecule has 0 saturated carbocycles. The van der Waals surface area contributed by atoms with Crippen molar-refractivity contribution in [3.05, 3.63) is 29.8 Å². The van der Waals surface area contributed by atoms with Gasteiger partial charge in [-0.25, -0.2) is 4.79 Å². The molecule has 2 rings (SSSR count). The number of anilines is 1. The number of hydrogen-bond donors (Lipinski definition) is 2. The van der Waals surface area contributed by atoms with E-state index in [9.17, 15) is 9.59 Å². The van der Waals surface area contributed by atoms with Gasteiger partial charge in [-0.2, -0.15) is 5.26 Å². The summed E-state index contributed by atoms with van der Waals surface area (Å²) in [6.07, 6.45) is 2.14. The Hall–Kier alpha value is -2.59. The van der Waals surface area contributed by atoms with Crippen LogP contribution in [0.3, 0.4) is 0 Å². The molecule has 3 amide bonds. The van der Waals surface area contributed by atoms with Crippen molar-refractivity contribution in [2.45, 2.75) is 26.2 Å². The van der Waals surface area contributed by atoms with Crippen LogP contribution in [0.1, 0.15) is 31.7 Å². The van der Waals surface area contributed by atoms with Crippen molar-refractivity contribution in [1.29, 1.82) is 5.26 Å². The summed E-state index contributed by atoms with van der Waals surface area (Å²) >= 11 is 0. The number of nitrogens with one attached hydrogen (secondary N) is 2. The third-order valence-corrected chi connectivity index (χ3v) is 4.39. The smallest absolute Gasteiger partial charge is 0.321 e. The number of piperidine rings is 1. The molecule has 0 aromatic heterocycles. The van der Waals surface area contributed by atoms with E-state index in [1.54, 1.807) is 29.2 Å². The maximum atomic E-state index is 12.3. The van der Waals surface area contributed by atoms with Crippen LogP contribution in [-0.2, 0) is 9.53 Å². The summed E-state index contributed by atoms with van der Waals surface area (Å²) in [5, 5.41) is 14.6. The first-order valence-electron chi connectivity index (χ1n) is 9.05. The molecule has 1 saturated heterocycles. The van der Waals surface area contributed by atoms with Crippen molar-refractivity contribution in [3.63, 3.8) is 0 Å². The summed E-state index contributed by atoms with van der Waals surface area (Å²) in [6.45, 7) is 5.03. The highest BCUT2D eigenvalue weighted by atomic mass is 16.5. The highest BCUT2D eigenvalue weighted by Crippen LogP contribution is 2.18. The van der Waals surface area contributed by atoms with Crippen molar-refractivity contribution < 1.29 is 14.3 Å². The van der Waals surface area contributed by atoms with Gasteiger partial charge in [0.25, 0.3) is 0 Å². The third kappa shape index (κ3) is 6.05. The Morgan fingerprint density at radius 2 is 1.96 bits per heavy atom. The molecule has 26 heavy (non-hydrogen) atoms. The van der Waals surface area contributed by atoms with E-state index >= 15 is 0 Å². The highest BCUT2D eigenvalue weighted by molar-refractivity contribution is 5.89. The van der Waals surface area contributed by atoms with Crippen molar-refractivity contribution in [2.24, 2.45) is 5.92 Å². The molecule has 0 spiro atoms. The fourth-order valence-electron chi connectivity index (χ4n) is 2.85. The van der Waals surface area contributed by atoms with Gasteiger partial charge in [-0.1, -0.05) is 0 Å². The number of amides is 3. The Morgan fingerprint density at radius 3 is 2.58 bits per heavy atom. The fraction of sp³-hybridized carbons (Fsp3) is 0.526. The van der Waals surface area contributed by atoms with Gasteiger partial charge in [0.1, 0.15) is 0 Å². The van der Waals surface area contributed by atoms with Gasteiger partial charge in [-0.3, -0.25) is 4.79 Å². The predicted octanol–water partition coefficient (Wildman–Crippen LogP) is 2.34. The second-order valence-electron chi connectivity index (χ2n) is 6.22. The first-order valence-corrected chi connectivity index (χ1v) is 9.05. The number of ether oxygens (including phenoxy) is 1. The molecule has 7 heteroatoms. The molecular weight excluding hydrogens is 332 g/mol. The van der Waals surface area contributed by atoms with Gasteiger partial charge in [0.2, 0.25) is 5.91 Å². The van der Waals surface area contributed by atoms with Crippen LogP contribution in [0, 0.1) is 17.2 Å². The average Bonchev–Trinajstić information content (AvgIpc) is 2.68. The maximum absolute atomic E-state index is 12.3. The van der Waals surface area contributed by atoms with Gasteiger partial charge in [0.05, 0.1) is 11.6 Å². The number of benzene rings is 1. The van der Waals surface area contributed by atoms with Crippen molar-refractivity contribution in [2.75, 3.05) is 38.2 Å². The first kappa shape index (κ1) is 19.7. The average molecular weight is 358 g/mol. The van der Waals surface area contributed by atoms with Gasteiger partial charge >= 0.3 is 6.03 Å². The van der Waals surface area contributed by atoms with Gasteiger partial charge in [0.15, 0.2) is 0 Å². The van der Waals surface area contributed by atoms with Gasteiger partial charge in [-0.05, 0) is 50.5 Å². The zero-order valence-electron chi connectivity index (χ0n) is 15.2. The summed E-state index contributed by atoms with van der Waals surface area (Å²) < 4.78 is 5.24. The molecule has 2 N–H and O–H groups in total. The number of nitrogens with zero attached hydrogens (tertiary/aromatic N) is 2. The zero-order chi connectivity index (χ0) is 18.8. The van der Waals surface area contributed by atoms with Gasteiger partial charge in [0, 0.05) is 44.5 Å². The SMILES string of the molecule is CCOCCCNC(=O)C1CCN(C(=O)Nc2ccc(C#N)cc2)CC1. The van der Waals surface area contributed by atoms with Crippen LogP contribution in [0.15, 0.2) is 24.3 Å². The number of urea groups is 1. The van der Waals surface area contributed by atoms with E-state index in [0.29, 0.717) is 56.9 Å². The lowest BCUT2D eigenvalue weighted by atomic mass is 9.96. The van der Waals surface area contributed by atoms with Crippen LogP contribution in [-0.4, -0.2) is 49.7 Å². The van der Waals surface area contributed by atoms with Crippen LogP contribution in [0.2, 0.25) is 0 Å². The minimum Gasteiger partial charge on any atom is -0.382 e. The van der Waals surface area contributed by atoms with Gasteiger partial charge < -0.3 is 20.3 Å². The third-order valence-electron chi connectivity index (χ3n) is 4.39. The van der Waals surface area contributed by atoms with Crippen LogP contribution >= 0.6 is 0 Å². The van der Waals surface area contributed by atoms with E-state index in [2.05, 4.69) is 10.6 Å². The van der Waals surface area contributed by atoms with Gasteiger partial charge in [-0.15, -0.1) is 0 Å². The molecule has 0 radical (unpaired) electrons. The lowest BCUT2D eigenvalue weighted by Crippen LogP contribution is -2.44. The molecule has 1 aliphatic rings. The van der Waals surface area contributed by atoms with E-state index in [-0.39, 0.29) is 17.9 Å². The lowest BCUT2D eigenvalue weighted by Gasteiger charge is -2.31. The van der Waals surface area contributed by atoms with E-state index in [0.717, 1.165) is 6.42 Å². The van der Waals surface area contributed by atoms with Crippen LogP contribution in [0.5, 0.6) is 0 Å². The molecule has 7 nitrogen and oxygen atoms in total. The van der Waals surface area contributed by atoms with E-state index < -0.39 is 0 Å². The number of likely N-dealkylation sites (tertiary alicyclic amines) is 1. The Morgan fingerprint density at radius 1 is 1.27 bits per heavy atom. The summed E-state index contributed by atoms with van der Waals surface area (Å²) in [7, 11) is 0. The standard InChI is InChI=1S/C19H26N4O3/c1-2-26-13-3-10-21-18(24)16-8-11-23(12-9-16)19(25)22-17-6-4-15(14-20)5-7-17/h4-7,16H,2-3,8-13H2,1H3,(H,21,24)(H,22,25). The Labute approximate surface area is 154 Å². The Kier molecular flexibility index (Phi) is 7.90. The van der Waals surface area contributed by atoms with E-state index in [4.69, 9.17) is 10.00 Å². The number of nitriles is 1. The molecule has 0 bridgehead atoms. The Bertz CT molecular complexity index is 631. The van der Waals surface area contributed by atoms with Crippen LogP contribution in [0.4, 0.5) is 10.5 Å². The number of carbonyl (C=O) groups is 2. The normalized spacial score (nSPS) is 14.5. The minimum atomic E-state index is -0.176. The minimum absolute atomic E-state index is 0.0407. The summed E-state index contributed by atoms with van der Waals surface area (Å²) in [5.74, 6) is 0.0229. The summed E-state index contributed by atoms with van der Waals surface area (Å²) in [6, 6.07) is 8.61. The summed E-state index contributed by atoms with van der Waals surface area (Å²) in [4.78, 5) is 26.2. The molecule has 1 aliphatic heterocycles. The second kappa shape index (κ2) is 10.4. The molecule has 0 atom stereocenters. The molecule has 0 aliphatic carbocycles. The van der Waals surface area contributed by atoms with E-state index in [1.807, 2.05) is 13.0 Å². The molecule has 1 aromatic rings. The molecule has 1 heterocycles. The van der Waals surface area contributed by atoms with Crippen molar-refractivity contribution in [3.8, 4) is 6.07 Å². The summed E-state index contributed by atoms with van der Waals surface area (Å²) in [5.41, 5.74) is 1.21. The van der Waals surface area contributed by atoms with E-state index in [1.165, 1.54) is 0 Å². The number of rotatable bonds is 7. The lowest BCUT2D eigenvalue weighted by molar-refractivity contribution is -0.126. The first-order chi connectivity index (χ1) is 12.6. The topological polar surface area (TPSA) is 94.5 Å². The quantitative estimate of drug-likeness (QED) is 0.732. The maximum Gasteiger partial charge on any atom is 0.321 e. The molecule has 140 valence electrons. The fourth-order valence-corrected chi connectivity index (χ4v) is 2.85. The molecule has 1 fully saturated rings. The largest absolute Gasteiger partial charge is 0.382 e. The van der Waals surface area contributed by atoms with Crippen LogP contribution in [0.25, 0.3) is 0 Å². The second-order valence-corrected chi connectivity index (χ2v) is 6.22. The van der Waals surface area contributed by atoms with Crippen LogP contribution < -0.4 is 10.6 Å². The monoisotopic (exact) mass is 358 g/mol. The number of carbonyl (C=O) groups excluding carboxylic acids is 2. The Balaban J connectivity index is 1.70. The highest BCUT2D eigenvalue weighted by Gasteiger charge is 2.27. The zero-order valence-corrected chi connectivity index (χ0v) is 15.2. The number of hydrogen-bond acceptors (Lipinski definition) is 4. The molecular formula is C19H26N4O3. The van der Waals surface area contributed by atoms with Crippen molar-refractivity contribution in [1.82, 2.24) is 10.2 Å². The molecule has 0 unspecified atom stereocenters. The molecule has 1 aromatic carbocycles.